The third-order valence-corrected chi connectivity index (χ3v) is 8.41. The first kappa shape index (κ1) is 26.5. The summed E-state index contributed by atoms with van der Waals surface area (Å²) < 4.78 is 5.37. The Morgan fingerprint density at radius 1 is 0.907 bits per heavy atom. The third kappa shape index (κ3) is 4.52. The van der Waals surface area contributed by atoms with Crippen molar-refractivity contribution < 1.29 is 19.1 Å². The molecular weight excluding hydrogens is 540 g/mol. The van der Waals surface area contributed by atoms with E-state index < -0.39 is 18.1 Å². The number of imide groups is 1. The van der Waals surface area contributed by atoms with Gasteiger partial charge in [0.1, 0.15) is 17.8 Å². The second-order valence-electron chi connectivity index (χ2n) is 10.8. The van der Waals surface area contributed by atoms with Crippen molar-refractivity contribution in [2.75, 3.05) is 18.6 Å². The summed E-state index contributed by atoms with van der Waals surface area (Å²) in [6.07, 6.45) is 1.04. The van der Waals surface area contributed by atoms with Gasteiger partial charge in [-0.2, -0.15) is 0 Å². The zero-order valence-electron chi connectivity index (χ0n) is 23.6. The maximum atomic E-state index is 14.3. The zero-order chi connectivity index (χ0) is 29.5. The van der Waals surface area contributed by atoms with Gasteiger partial charge in [0.05, 0.1) is 18.4 Å². The number of carbonyl (C=O) groups excluding carboxylic acids is 3. The number of benzene rings is 4. The molecule has 0 aliphatic carbocycles. The Morgan fingerprint density at radius 3 is 2.42 bits per heavy atom. The topological polar surface area (TPSA) is 94.7 Å². The summed E-state index contributed by atoms with van der Waals surface area (Å²) in [6, 6.07) is 30.6. The van der Waals surface area contributed by atoms with Gasteiger partial charge in [-0.25, -0.2) is 9.69 Å². The Labute approximate surface area is 248 Å². The van der Waals surface area contributed by atoms with Crippen molar-refractivity contribution in [3.63, 3.8) is 0 Å². The normalized spacial score (nSPS) is 17.6. The van der Waals surface area contributed by atoms with Gasteiger partial charge in [-0.1, -0.05) is 72.8 Å². The highest BCUT2D eigenvalue weighted by molar-refractivity contribution is 6.24. The van der Waals surface area contributed by atoms with E-state index >= 15 is 0 Å². The molecule has 8 nitrogen and oxygen atoms in total. The van der Waals surface area contributed by atoms with Crippen molar-refractivity contribution in [2.45, 2.75) is 24.9 Å². The fourth-order valence-corrected chi connectivity index (χ4v) is 6.35. The van der Waals surface area contributed by atoms with Gasteiger partial charge in [-0.3, -0.25) is 14.5 Å². The van der Waals surface area contributed by atoms with Crippen molar-refractivity contribution in [2.24, 2.45) is 0 Å². The van der Waals surface area contributed by atoms with Gasteiger partial charge < -0.3 is 15.0 Å². The lowest BCUT2D eigenvalue weighted by Crippen LogP contribution is -2.44. The van der Waals surface area contributed by atoms with Crippen LogP contribution in [0.2, 0.25) is 0 Å². The third-order valence-electron chi connectivity index (χ3n) is 8.41. The smallest absolute Gasteiger partial charge is 0.332 e. The highest BCUT2D eigenvalue weighted by atomic mass is 16.5. The van der Waals surface area contributed by atoms with Crippen LogP contribution in [0.4, 0.5) is 10.5 Å². The van der Waals surface area contributed by atoms with Crippen LogP contribution in [0.1, 0.15) is 38.8 Å². The number of hydrogen-bond acceptors (Lipinski definition) is 4. The summed E-state index contributed by atoms with van der Waals surface area (Å²) in [6.45, 7) is 0.426. The Hall–Kier alpha value is -5.37. The molecule has 1 saturated heterocycles. The molecule has 5 aromatic rings. The molecule has 7 rings (SSSR count). The molecule has 0 bridgehead atoms. The molecule has 4 amide bonds. The number of H-pyrrole nitrogens is 1. The molecule has 0 unspecified atom stereocenters. The molecule has 2 atom stereocenters. The first-order chi connectivity index (χ1) is 21.0. The van der Waals surface area contributed by atoms with Crippen molar-refractivity contribution in [3.05, 3.63) is 131 Å². The molecule has 8 heteroatoms. The maximum Gasteiger partial charge on any atom is 0.332 e. The van der Waals surface area contributed by atoms with Crippen molar-refractivity contribution in [3.8, 4) is 5.75 Å². The Balaban J connectivity index is 1.25. The molecule has 2 aliphatic rings. The van der Waals surface area contributed by atoms with E-state index in [2.05, 4.69) is 10.3 Å². The van der Waals surface area contributed by atoms with Crippen LogP contribution >= 0.6 is 0 Å². The number of anilines is 1. The lowest BCUT2D eigenvalue weighted by atomic mass is 9.89. The average Bonchev–Trinajstić information content (AvgIpc) is 3.54. The minimum atomic E-state index is -0.722. The fraction of sp³-hybridized carbons (Fsp3) is 0.171. The Kier molecular flexibility index (Phi) is 6.66. The largest absolute Gasteiger partial charge is 0.497 e. The number of hydrogen-bond donors (Lipinski definition) is 2. The molecule has 0 radical (unpaired) electrons. The molecule has 1 fully saturated rings. The van der Waals surface area contributed by atoms with E-state index in [1.54, 1.807) is 36.3 Å². The van der Waals surface area contributed by atoms with E-state index in [0.29, 0.717) is 25.1 Å². The van der Waals surface area contributed by atoms with Gasteiger partial charge in [0.15, 0.2) is 0 Å². The molecule has 214 valence electrons. The minimum absolute atomic E-state index is 0.280. The first-order valence-corrected chi connectivity index (χ1v) is 14.4. The van der Waals surface area contributed by atoms with E-state index in [9.17, 15) is 14.4 Å². The number of aromatic amines is 1. The number of rotatable bonds is 7. The minimum Gasteiger partial charge on any atom is -0.497 e. The fourth-order valence-electron chi connectivity index (χ4n) is 6.35. The van der Waals surface area contributed by atoms with E-state index in [1.807, 2.05) is 78.9 Å². The molecular formula is C35H30N4O4. The van der Waals surface area contributed by atoms with Crippen LogP contribution < -0.4 is 15.0 Å². The average molecular weight is 571 g/mol. The van der Waals surface area contributed by atoms with Crippen LogP contribution in [0.3, 0.4) is 0 Å². The summed E-state index contributed by atoms with van der Waals surface area (Å²) in [5, 5.41) is 4.00. The van der Waals surface area contributed by atoms with Crippen LogP contribution in [-0.2, 0) is 17.6 Å². The molecule has 0 saturated carbocycles. The van der Waals surface area contributed by atoms with Crippen molar-refractivity contribution >= 4 is 34.4 Å². The number of para-hydroxylation sites is 2. The van der Waals surface area contributed by atoms with E-state index in [-0.39, 0.29) is 23.1 Å². The van der Waals surface area contributed by atoms with Crippen molar-refractivity contribution in [1.82, 2.24) is 15.2 Å². The van der Waals surface area contributed by atoms with Crippen LogP contribution in [-0.4, -0.2) is 47.4 Å². The predicted molar refractivity (Wildman–Crippen MR) is 164 cm³/mol. The zero-order valence-corrected chi connectivity index (χ0v) is 23.6. The number of nitrogens with one attached hydrogen (secondary N) is 2. The predicted octanol–water partition coefficient (Wildman–Crippen LogP) is 5.63. The van der Waals surface area contributed by atoms with Gasteiger partial charge in [0.25, 0.3) is 11.8 Å². The molecule has 43 heavy (non-hydrogen) atoms. The van der Waals surface area contributed by atoms with E-state index in [1.165, 1.54) is 4.90 Å². The summed E-state index contributed by atoms with van der Waals surface area (Å²) in [5.41, 5.74) is 5.39. The lowest BCUT2D eigenvalue weighted by molar-refractivity contribution is -0.120. The summed E-state index contributed by atoms with van der Waals surface area (Å²) in [4.78, 5) is 48.3. The maximum absolute atomic E-state index is 14.3. The Bertz CT molecular complexity index is 1850. The van der Waals surface area contributed by atoms with Crippen LogP contribution in [0.15, 0.2) is 103 Å². The van der Waals surface area contributed by atoms with Crippen LogP contribution in [0.25, 0.3) is 10.9 Å². The number of methoxy groups -OCH3 is 1. The molecule has 0 spiro atoms. The van der Waals surface area contributed by atoms with Crippen LogP contribution in [0.5, 0.6) is 5.75 Å². The van der Waals surface area contributed by atoms with Crippen molar-refractivity contribution in [1.29, 1.82) is 0 Å². The van der Waals surface area contributed by atoms with E-state index in [4.69, 9.17) is 4.74 Å². The van der Waals surface area contributed by atoms with Gasteiger partial charge in [-0.05, 0) is 53.4 Å². The van der Waals surface area contributed by atoms with Crippen LogP contribution in [0, 0.1) is 0 Å². The monoisotopic (exact) mass is 570 g/mol. The number of aromatic nitrogens is 1. The number of ether oxygens (including phenoxy) is 1. The quantitative estimate of drug-likeness (QED) is 0.248. The number of urea groups is 1. The highest BCUT2D eigenvalue weighted by Crippen LogP contribution is 2.45. The number of carbonyl (C=O) groups is 3. The molecule has 1 aromatic heterocycles. The van der Waals surface area contributed by atoms with Gasteiger partial charge in [0.2, 0.25) is 0 Å². The summed E-state index contributed by atoms with van der Waals surface area (Å²) >= 11 is 0. The Morgan fingerprint density at radius 2 is 1.63 bits per heavy atom. The van der Waals surface area contributed by atoms with Gasteiger partial charge in [-0.15, -0.1) is 0 Å². The lowest BCUT2D eigenvalue weighted by Gasteiger charge is -2.36. The van der Waals surface area contributed by atoms with E-state index in [0.717, 1.165) is 33.3 Å². The first-order valence-electron chi connectivity index (χ1n) is 14.4. The number of amides is 4. The molecule has 3 heterocycles. The molecule has 2 N–H and O–H groups in total. The standard InChI is InChI=1S/C35H30N4O4/c1-43-24-17-15-23(16-18-24)32-31-27(25-11-5-7-13-28(25)37-31)21-30-34(41)39(35(42)38(30)32)29-14-8-6-12-26(29)33(40)36-20-19-22-9-3-2-4-10-22/h2-18,30,32,37H,19-21H2,1H3,(H,36,40)/t30-,32-/m0/s1. The molecule has 2 aliphatic heterocycles. The van der Waals surface area contributed by atoms with Gasteiger partial charge in [0, 0.05) is 29.6 Å². The highest BCUT2D eigenvalue weighted by Gasteiger charge is 2.53. The molecule has 4 aromatic carbocycles. The second-order valence-corrected chi connectivity index (χ2v) is 10.8. The SMILES string of the molecule is COc1ccc([C@H]2c3[nH]c4ccccc4c3C[C@H]3C(=O)N(c4ccccc4C(=O)NCCc4ccccc4)C(=O)N23)cc1. The summed E-state index contributed by atoms with van der Waals surface area (Å²) in [7, 11) is 1.61. The summed E-state index contributed by atoms with van der Waals surface area (Å²) in [5.74, 6) is 0.0227. The number of nitrogens with zero attached hydrogens (tertiary/aromatic N) is 2. The number of fused-ring (bicyclic) bond motifs is 4. The van der Waals surface area contributed by atoms with Gasteiger partial charge >= 0.3 is 6.03 Å². The second kappa shape index (κ2) is 10.8.